The number of benzene rings is 1. The van der Waals surface area contributed by atoms with Crippen LogP contribution < -0.4 is 0 Å². The quantitative estimate of drug-likeness (QED) is 0.648. The first-order valence-electron chi connectivity index (χ1n) is 4.05. The molecule has 0 atom stereocenters. The lowest BCUT2D eigenvalue weighted by atomic mass is 10.1. The van der Waals surface area contributed by atoms with Gasteiger partial charge in [0.25, 0.3) is 0 Å². The summed E-state index contributed by atoms with van der Waals surface area (Å²) in [5.41, 5.74) is 1.45. The Hall–Kier alpha value is -2.04. The van der Waals surface area contributed by atoms with Crippen LogP contribution in [0.15, 0.2) is 24.3 Å². The first-order chi connectivity index (χ1) is 6.77. The Morgan fingerprint density at radius 1 is 1.36 bits per heavy atom. The minimum Gasteiger partial charge on any atom is -0.295 e. The number of carbonyl (C=O) groups is 1. The average Bonchev–Trinajstić information content (AvgIpc) is 2.71. The number of hydrogen-bond acceptors (Lipinski definition) is 4. The van der Waals surface area contributed by atoms with Gasteiger partial charge in [0.1, 0.15) is 0 Å². The van der Waals surface area contributed by atoms with Crippen LogP contribution in [0, 0.1) is 6.33 Å². The number of hydrogen-bond donors (Lipinski definition) is 0. The highest BCUT2D eigenvalue weighted by atomic mass is 16.1. The van der Waals surface area contributed by atoms with Gasteiger partial charge in [-0.05, 0) is 41.6 Å². The molecule has 1 radical (unpaired) electrons. The lowest BCUT2D eigenvalue weighted by molar-refractivity contribution is 0.101. The second kappa shape index (κ2) is 3.37. The lowest BCUT2D eigenvalue weighted by Gasteiger charge is -1.99. The summed E-state index contributed by atoms with van der Waals surface area (Å²) in [6.07, 6.45) is 2.56. The van der Waals surface area contributed by atoms with Gasteiger partial charge in [0.2, 0.25) is 6.33 Å². The molecular weight excluding hydrogens is 180 g/mol. The molecule has 0 aliphatic carbocycles. The maximum Gasteiger partial charge on any atom is 0.226 e. The molecule has 0 unspecified atom stereocenters. The Balaban J connectivity index is 2.36. The van der Waals surface area contributed by atoms with E-state index in [0.717, 1.165) is 5.69 Å². The standard InChI is InChI=1S/C9H7N4O/c1-7(14)8-2-4-9(5-3-8)13-6-10-11-12-13/h2-5H,1H3. The summed E-state index contributed by atoms with van der Waals surface area (Å²) in [7, 11) is 0. The number of rotatable bonds is 2. The third-order valence-electron chi connectivity index (χ3n) is 1.83. The zero-order valence-corrected chi connectivity index (χ0v) is 7.51. The van der Waals surface area contributed by atoms with Crippen molar-refractivity contribution in [2.75, 3.05) is 0 Å². The van der Waals surface area contributed by atoms with Crippen molar-refractivity contribution >= 4 is 5.78 Å². The van der Waals surface area contributed by atoms with Crippen LogP contribution in [0.25, 0.3) is 5.69 Å². The van der Waals surface area contributed by atoms with E-state index in [1.54, 1.807) is 24.3 Å². The monoisotopic (exact) mass is 187 g/mol. The molecule has 1 aromatic heterocycles. The van der Waals surface area contributed by atoms with Crippen molar-refractivity contribution in [1.82, 2.24) is 20.2 Å². The van der Waals surface area contributed by atoms with Gasteiger partial charge >= 0.3 is 0 Å². The molecule has 2 rings (SSSR count). The SMILES string of the molecule is CC(=O)c1ccc(-n2[c]nnn2)cc1. The van der Waals surface area contributed by atoms with E-state index < -0.39 is 0 Å². The molecule has 0 aliphatic rings. The summed E-state index contributed by atoms with van der Waals surface area (Å²) in [6.45, 7) is 1.53. The lowest BCUT2D eigenvalue weighted by Crippen LogP contribution is -1.97. The van der Waals surface area contributed by atoms with Crippen LogP contribution in [0.1, 0.15) is 17.3 Å². The van der Waals surface area contributed by atoms with Crippen molar-refractivity contribution < 1.29 is 4.79 Å². The predicted octanol–water partition coefficient (Wildman–Crippen LogP) is 0.665. The van der Waals surface area contributed by atoms with Crippen molar-refractivity contribution in [2.45, 2.75) is 6.92 Å². The molecule has 2 aromatic rings. The molecule has 5 heteroatoms. The molecule has 0 aliphatic heterocycles. The van der Waals surface area contributed by atoms with Crippen molar-refractivity contribution in [3.05, 3.63) is 36.2 Å². The number of carbonyl (C=O) groups excluding carboxylic acids is 1. The fourth-order valence-electron chi connectivity index (χ4n) is 1.09. The van der Waals surface area contributed by atoms with Gasteiger partial charge in [-0.3, -0.25) is 4.79 Å². The van der Waals surface area contributed by atoms with Crippen LogP contribution >= 0.6 is 0 Å². The Kier molecular flexibility index (Phi) is 2.06. The number of aromatic nitrogens is 4. The van der Waals surface area contributed by atoms with Crippen LogP contribution in [0.4, 0.5) is 0 Å². The van der Waals surface area contributed by atoms with E-state index in [4.69, 9.17) is 0 Å². The largest absolute Gasteiger partial charge is 0.295 e. The van der Waals surface area contributed by atoms with Crippen molar-refractivity contribution in [2.24, 2.45) is 0 Å². The zero-order chi connectivity index (χ0) is 9.97. The molecule has 0 saturated carbocycles. The summed E-state index contributed by atoms with van der Waals surface area (Å²) in [6, 6.07) is 6.99. The summed E-state index contributed by atoms with van der Waals surface area (Å²) >= 11 is 0. The highest BCUT2D eigenvalue weighted by Gasteiger charge is 2.01. The maximum absolute atomic E-state index is 11.0. The van der Waals surface area contributed by atoms with E-state index in [2.05, 4.69) is 21.9 Å². The number of nitrogens with zero attached hydrogens (tertiary/aromatic N) is 4. The maximum atomic E-state index is 11.0. The van der Waals surface area contributed by atoms with Gasteiger partial charge in [0, 0.05) is 5.56 Å². The number of tetrazole rings is 1. The van der Waals surface area contributed by atoms with E-state index >= 15 is 0 Å². The molecule has 0 fully saturated rings. The molecule has 0 amide bonds. The second-order valence-electron chi connectivity index (χ2n) is 2.79. The van der Waals surface area contributed by atoms with Crippen molar-refractivity contribution in [3.63, 3.8) is 0 Å². The van der Waals surface area contributed by atoms with Crippen LogP contribution in [0.3, 0.4) is 0 Å². The predicted molar refractivity (Wildman–Crippen MR) is 48.0 cm³/mol. The van der Waals surface area contributed by atoms with Crippen LogP contribution in [0.2, 0.25) is 0 Å². The minimum absolute atomic E-state index is 0.0391. The Bertz CT molecular complexity index is 432. The fraction of sp³-hybridized carbons (Fsp3) is 0.111. The van der Waals surface area contributed by atoms with Crippen LogP contribution in [-0.2, 0) is 0 Å². The van der Waals surface area contributed by atoms with E-state index in [1.165, 1.54) is 11.6 Å². The van der Waals surface area contributed by atoms with Crippen LogP contribution in [0.5, 0.6) is 0 Å². The summed E-state index contributed by atoms with van der Waals surface area (Å²) in [4.78, 5) is 11.0. The first kappa shape index (κ1) is 8.55. The average molecular weight is 187 g/mol. The van der Waals surface area contributed by atoms with E-state index in [-0.39, 0.29) is 5.78 Å². The fourth-order valence-corrected chi connectivity index (χ4v) is 1.09. The molecule has 5 nitrogen and oxygen atoms in total. The van der Waals surface area contributed by atoms with Gasteiger partial charge in [-0.2, -0.15) is 4.68 Å². The van der Waals surface area contributed by atoms with E-state index in [9.17, 15) is 4.79 Å². The molecule has 0 spiro atoms. The molecule has 14 heavy (non-hydrogen) atoms. The van der Waals surface area contributed by atoms with Gasteiger partial charge in [-0.15, -0.1) is 5.10 Å². The topological polar surface area (TPSA) is 60.7 Å². The Morgan fingerprint density at radius 2 is 2.07 bits per heavy atom. The van der Waals surface area contributed by atoms with Crippen molar-refractivity contribution in [3.8, 4) is 5.69 Å². The number of Topliss-reactive ketones (excluding diaryl/α,β-unsaturated/α-hetero) is 1. The Labute approximate surface area is 80.4 Å². The number of ketones is 1. The summed E-state index contributed by atoms with van der Waals surface area (Å²) in [5.74, 6) is 0.0391. The summed E-state index contributed by atoms with van der Waals surface area (Å²) in [5, 5.41) is 10.5. The van der Waals surface area contributed by atoms with Crippen LogP contribution in [-0.4, -0.2) is 26.0 Å². The molecule has 0 N–H and O–H groups in total. The highest BCUT2D eigenvalue weighted by molar-refractivity contribution is 5.94. The third-order valence-corrected chi connectivity index (χ3v) is 1.83. The van der Waals surface area contributed by atoms with Gasteiger partial charge < -0.3 is 0 Å². The minimum atomic E-state index is 0.0391. The zero-order valence-electron chi connectivity index (χ0n) is 7.51. The normalized spacial score (nSPS) is 10.1. The van der Waals surface area contributed by atoms with Gasteiger partial charge in [0.05, 0.1) is 5.69 Å². The van der Waals surface area contributed by atoms with Gasteiger partial charge in [0.15, 0.2) is 5.78 Å². The van der Waals surface area contributed by atoms with Gasteiger partial charge in [-0.25, -0.2) is 0 Å². The van der Waals surface area contributed by atoms with E-state index in [0.29, 0.717) is 5.56 Å². The molecular formula is C9H7N4O. The molecule has 1 aromatic carbocycles. The molecule has 1 heterocycles. The van der Waals surface area contributed by atoms with Gasteiger partial charge in [-0.1, -0.05) is 0 Å². The summed E-state index contributed by atoms with van der Waals surface area (Å²) < 4.78 is 1.41. The molecule has 0 saturated heterocycles. The first-order valence-corrected chi connectivity index (χ1v) is 4.05. The smallest absolute Gasteiger partial charge is 0.226 e. The van der Waals surface area contributed by atoms with E-state index in [1.807, 2.05) is 0 Å². The second-order valence-corrected chi connectivity index (χ2v) is 2.79. The molecule has 69 valence electrons. The molecule has 0 bridgehead atoms. The van der Waals surface area contributed by atoms with Crippen molar-refractivity contribution in [1.29, 1.82) is 0 Å². The highest BCUT2D eigenvalue weighted by Crippen LogP contribution is 2.07. The Morgan fingerprint density at radius 3 is 2.57 bits per heavy atom. The third kappa shape index (κ3) is 1.52.